The Labute approximate surface area is 114 Å². The maximum Gasteiger partial charge on any atom is 0.229 e. The first kappa shape index (κ1) is 15.5. The van der Waals surface area contributed by atoms with Crippen LogP contribution in [0.2, 0.25) is 11.1 Å². The van der Waals surface area contributed by atoms with Crippen LogP contribution in [-0.4, -0.2) is 13.9 Å². The van der Waals surface area contributed by atoms with Gasteiger partial charge in [0, 0.05) is 5.60 Å². The minimum Gasteiger partial charge on any atom is -0.407 e. The molecule has 0 bridgehead atoms. The molecule has 1 aromatic rings. The predicted molar refractivity (Wildman–Crippen MR) is 82.9 cm³/mol. The summed E-state index contributed by atoms with van der Waals surface area (Å²) in [5.74, 6) is 0. The molecule has 102 valence electrons. The quantitative estimate of drug-likeness (QED) is 0.729. The Morgan fingerprint density at radius 3 is 1.67 bits per heavy atom. The van der Waals surface area contributed by atoms with Crippen LogP contribution in [0.1, 0.15) is 48.5 Å². The van der Waals surface area contributed by atoms with E-state index in [1.807, 2.05) is 0 Å². The minimum absolute atomic E-state index is 0.0867. The highest BCUT2D eigenvalue weighted by molar-refractivity contribution is 6.88. The van der Waals surface area contributed by atoms with Gasteiger partial charge in [-0.05, 0) is 37.0 Å². The normalized spacial score (nSPS) is 13.4. The fraction of sp³-hybridized carbons (Fsp3) is 0.625. The largest absolute Gasteiger partial charge is 0.407 e. The van der Waals surface area contributed by atoms with Crippen LogP contribution >= 0.6 is 0 Å². The second-order valence-electron chi connectivity index (χ2n) is 6.68. The lowest BCUT2D eigenvalue weighted by Crippen LogP contribution is -2.59. The van der Waals surface area contributed by atoms with Crippen LogP contribution in [0.3, 0.4) is 0 Å². The highest BCUT2D eigenvalue weighted by Crippen LogP contribution is 2.36. The molecule has 1 nitrogen and oxygen atoms in total. The molecule has 2 heteroatoms. The molecule has 0 aliphatic rings. The molecule has 0 atom stereocenters. The van der Waals surface area contributed by atoms with E-state index in [4.69, 9.17) is 4.43 Å². The van der Waals surface area contributed by atoms with Crippen LogP contribution in [0.25, 0.3) is 0 Å². The molecule has 18 heavy (non-hydrogen) atoms. The lowest BCUT2D eigenvalue weighted by molar-refractivity contribution is 0.115. The summed E-state index contributed by atoms with van der Waals surface area (Å²) in [7, 11) is -1.96. The summed E-state index contributed by atoms with van der Waals surface area (Å²) < 4.78 is 6.67. The van der Waals surface area contributed by atoms with E-state index >= 15 is 0 Å². The maximum absolute atomic E-state index is 6.67. The van der Waals surface area contributed by atoms with Crippen molar-refractivity contribution in [3.63, 3.8) is 0 Å². The van der Waals surface area contributed by atoms with Crippen LogP contribution < -0.4 is 5.19 Å². The second-order valence-corrected chi connectivity index (χ2v) is 11.4. The van der Waals surface area contributed by atoms with Crippen molar-refractivity contribution in [1.82, 2.24) is 0 Å². The first-order valence-corrected chi connectivity index (χ1v) is 9.02. The summed E-state index contributed by atoms with van der Waals surface area (Å²) in [6.07, 6.45) is 0. The van der Waals surface area contributed by atoms with Crippen molar-refractivity contribution in [2.75, 3.05) is 0 Å². The molecule has 0 aliphatic carbocycles. The van der Waals surface area contributed by atoms with E-state index in [0.717, 1.165) is 0 Å². The molecule has 0 amide bonds. The van der Waals surface area contributed by atoms with Crippen molar-refractivity contribution in [3.05, 3.63) is 30.3 Å². The Morgan fingerprint density at radius 1 is 0.889 bits per heavy atom. The number of benzene rings is 1. The third-order valence-electron chi connectivity index (χ3n) is 3.42. The lowest BCUT2D eigenvalue weighted by atomic mass is 10.2. The summed E-state index contributed by atoms with van der Waals surface area (Å²) in [4.78, 5) is 0. The van der Waals surface area contributed by atoms with Gasteiger partial charge in [-0.1, -0.05) is 58.0 Å². The van der Waals surface area contributed by atoms with Gasteiger partial charge in [0.25, 0.3) is 0 Å². The van der Waals surface area contributed by atoms with Gasteiger partial charge in [-0.2, -0.15) is 0 Å². The zero-order valence-electron chi connectivity index (χ0n) is 12.9. The molecule has 1 aromatic carbocycles. The van der Waals surface area contributed by atoms with E-state index in [1.165, 1.54) is 5.19 Å². The van der Waals surface area contributed by atoms with Crippen molar-refractivity contribution in [3.8, 4) is 0 Å². The zero-order valence-corrected chi connectivity index (χ0v) is 13.9. The van der Waals surface area contributed by atoms with Gasteiger partial charge >= 0.3 is 0 Å². The van der Waals surface area contributed by atoms with Crippen molar-refractivity contribution in [1.29, 1.82) is 0 Å². The van der Waals surface area contributed by atoms with Crippen LogP contribution in [0.15, 0.2) is 30.3 Å². The van der Waals surface area contributed by atoms with Gasteiger partial charge in [0.05, 0.1) is 0 Å². The summed E-state index contributed by atoms with van der Waals surface area (Å²) in [6.45, 7) is 15.7. The number of hydrogen-bond acceptors (Lipinski definition) is 1. The van der Waals surface area contributed by atoms with Crippen molar-refractivity contribution in [2.45, 2.75) is 65.1 Å². The van der Waals surface area contributed by atoms with Crippen molar-refractivity contribution >= 4 is 13.5 Å². The molecule has 0 heterocycles. The van der Waals surface area contributed by atoms with Gasteiger partial charge in [-0.15, -0.1) is 0 Å². The molecular formula is C16H28OSi. The van der Waals surface area contributed by atoms with E-state index in [-0.39, 0.29) is 5.60 Å². The third kappa shape index (κ3) is 3.24. The van der Waals surface area contributed by atoms with Crippen LogP contribution in [0.4, 0.5) is 0 Å². The molecule has 0 saturated heterocycles. The average Bonchev–Trinajstić information content (AvgIpc) is 2.25. The molecule has 0 aromatic heterocycles. The van der Waals surface area contributed by atoms with Gasteiger partial charge in [0.1, 0.15) is 0 Å². The van der Waals surface area contributed by atoms with Crippen LogP contribution in [-0.2, 0) is 4.43 Å². The SMILES string of the molecule is CC(C)[Si](OC(C)(C)C)(c1ccccc1)C(C)C. The topological polar surface area (TPSA) is 9.23 Å². The Bertz CT molecular complexity index is 354. The van der Waals surface area contributed by atoms with Crippen molar-refractivity contribution < 1.29 is 4.43 Å². The molecule has 0 radical (unpaired) electrons. The van der Waals surface area contributed by atoms with E-state index in [1.54, 1.807) is 0 Å². The van der Waals surface area contributed by atoms with Crippen LogP contribution in [0, 0.1) is 0 Å². The fourth-order valence-corrected chi connectivity index (χ4v) is 7.82. The Balaban J connectivity index is 3.32. The first-order chi connectivity index (χ1) is 8.20. The van der Waals surface area contributed by atoms with E-state index in [0.29, 0.717) is 11.1 Å². The first-order valence-electron chi connectivity index (χ1n) is 6.96. The number of hydrogen-bond donors (Lipinski definition) is 0. The van der Waals surface area contributed by atoms with Gasteiger partial charge in [0.15, 0.2) is 0 Å². The van der Waals surface area contributed by atoms with E-state index in [2.05, 4.69) is 78.8 Å². The molecule has 0 spiro atoms. The third-order valence-corrected chi connectivity index (χ3v) is 9.03. The minimum atomic E-state index is -1.96. The Hall–Kier alpha value is -0.603. The van der Waals surface area contributed by atoms with Gasteiger partial charge in [-0.3, -0.25) is 0 Å². The van der Waals surface area contributed by atoms with Crippen LogP contribution in [0.5, 0.6) is 0 Å². The standard InChI is InChI=1S/C16H28OSi/c1-13(2)18(14(3)4,17-16(5,6)7)15-11-9-8-10-12-15/h8-14H,1-7H3. The van der Waals surface area contributed by atoms with Gasteiger partial charge in [-0.25, -0.2) is 0 Å². The molecule has 0 saturated carbocycles. The summed E-state index contributed by atoms with van der Waals surface area (Å²) in [5, 5.41) is 1.42. The average molecular weight is 264 g/mol. The molecule has 0 fully saturated rings. The molecule has 1 rings (SSSR count). The van der Waals surface area contributed by atoms with Crippen molar-refractivity contribution in [2.24, 2.45) is 0 Å². The van der Waals surface area contributed by atoms with Gasteiger partial charge < -0.3 is 4.43 Å². The van der Waals surface area contributed by atoms with E-state index < -0.39 is 8.32 Å². The molecule has 0 aliphatic heterocycles. The summed E-state index contributed by atoms with van der Waals surface area (Å²) >= 11 is 0. The molecular weight excluding hydrogens is 236 g/mol. The monoisotopic (exact) mass is 264 g/mol. The zero-order chi connectivity index (χ0) is 14.0. The highest BCUT2D eigenvalue weighted by atomic mass is 28.4. The lowest BCUT2D eigenvalue weighted by Gasteiger charge is -2.44. The summed E-state index contributed by atoms with van der Waals surface area (Å²) in [6, 6.07) is 10.8. The fourth-order valence-electron chi connectivity index (χ4n) is 2.83. The molecule has 0 unspecified atom stereocenters. The van der Waals surface area contributed by atoms with Gasteiger partial charge in [0.2, 0.25) is 8.32 Å². The molecule has 0 N–H and O–H groups in total. The summed E-state index contributed by atoms with van der Waals surface area (Å²) in [5.41, 5.74) is 1.05. The highest BCUT2D eigenvalue weighted by Gasteiger charge is 2.46. The maximum atomic E-state index is 6.67. The van der Waals surface area contributed by atoms with E-state index in [9.17, 15) is 0 Å². The predicted octanol–water partition coefficient (Wildman–Crippen LogP) is 4.47. The Kier molecular flexibility index (Phi) is 4.79. The number of rotatable bonds is 4. The second kappa shape index (κ2) is 5.58. The smallest absolute Gasteiger partial charge is 0.229 e. The Morgan fingerprint density at radius 2 is 1.33 bits per heavy atom.